The number of aromatic nitrogens is 2. The SMILES string of the molecule is CNc1ncc([N+](=O)[O-])c(NCC(C)N2CCCCC2)n1. The maximum atomic E-state index is 11.0. The fraction of sp³-hybridized carbons (Fsp3) is 0.692. The van der Waals surface area contributed by atoms with Crippen molar-refractivity contribution in [2.24, 2.45) is 0 Å². The van der Waals surface area contributed by atoms with Crippen molar-refractivity contribution < 1.29 is 4.92 Å². The smallest absolute Gasteiger partial charge is 0.329 e. The van der Waals surface area contributed by atoms with Crippen molar-refractivity contribution in [1.29, 1.82) is 0 Å². The number of nitro groups is 1. The summed E-state index contributed by atoms with van der Waals surface area (Å²) in [5.41, 5.74) is -0.0974. The molecule has 1 aliphatic rings. The van der Waals surface area contributed by atoms with Crippen LogP contribution in [0.1, 0.15) is 26.2 Å². The first-order chi connectivity index (χ1) is 10.1. The first-order valence-corrected chi connectivity index (χ1v) is 7.29. The molecule has 1 aliphatic heterocycles. The Bertz CT molecular complexity index is 490. The minimum Gasteiger partial charge on any atom is -0.363 e. The largest absolute Gasteiger partial charge is 0.363 e. The number of hydrogen-bond donors (Lipinski definition) is 2. The number of hydrogen-bond acceptors (Lipinski definition) is 7. The zero-order valence-electron chi connectivity index (χ0n) is 12.5. The highest BCUT2D eigenvalue weighted by atomic mass is 16.6. The third-order valence-electron chi connectivity index (χ3n) is 3.77. The van der Waals surface area contributed by atoms with Crippen LogP contribution in [0.2, 0.25) is 0 Å². The van der Waals surface area contributed by atoms with Crippen LogP contribution in [0.25, 0.3) is 0 Å². The second kappa shape index (κ2) is 7.16. The van der Waals surface area contributed by atoms with Gasteiger partial charge in [-0.15, -0.1) is 0 Å². The van der Waals surface area contributed by atoms with E-state index in [1.807, 2.05) is 0 Å². The van der Waals surface area contributed by atoms with E-state index in [1.165, 1.54) is 25.5 Å². The molecule has 0 aliphatic carbocycles. The summed E-state index contributed by atoms with van der Waals surface area (Å²) in [6, 6.07) is 0.318. The zero-order chi connectivity index (χ0) is 15.2. The number of piperidine rings is 1. The predicted molar refractivity (Wildman–Crippen MR) is 81.6 cm³/mol. The van der Waals surface area contributed by atoms with Gasteiger partial charge in [0.05, 0.1) is 4.92 Å². The average molecular weight is 294 g/mol. The van der Waals surface area contributed by atoms with Crippen molar-refractivity contribution in [1.82, 2.24) is 14.9 Å². The van der Waals surface area contributed by atoms with E-state index in [0.717, 1.165) is 13.1 Å². The fourth-order valence-electron chi connectivity index (χ4n) is 2.49. The maximum absolute atomic E-state index is 11.0. The first kappa shape index (κ1) is 15.4. The molecule has 2 N–H and O–H groups in total. The van der Waals surface area contributed by atoms with Gasteiger partial charge in [0.15, 0.2) is 0 Å². The molecule has 0 bridgehead atoms. The summed E-state index contributed by atoms with van der Waals surface area (Å²) < 4.78 is 0. The van der Waals surface area contributed by atoms with E-state index in [9.17, 15) is 10.1 Å². The molecule has 116 valence electrons. The summed E-state index contributed by atoms with van der Waals surface area (Å²) in [4.78, 5) is 21.0. The second-order valence-corrected chi connectivity index (χ2v) is 5.26. The van der Waals surface area contributed by atoms with Gasteiger partial charge >= 0.3 is 5.69 Å². The third-order valence-corrected chi connectivity index (χ3v) is 3.77. The van der Waals surface area contributed by atoms with Gasteiger partial charge in [-0.25, -0.2) is 4.98 Å². The number of rotatable bonds is 6. The summed E-state index contributed by atoms with van der Waals surface area (Å²) in [7, 11) is 1.68. The standard InChI is InChI=1S/C13H22N6O2/c1-10(18-6-4-3-5-7-18)8-15-12-11(19(20)21)9-16-13(14-2)17-12/h9-10H,3-8H2,1-2H3,(H2,14,15,16,17). The van der Waals surface area contributed by atoms with E-state index in [0.29, 0.717) is 18.5 Å². The first-order valence-electron chi connectivity index (χ1n) is 7.29. The Morgan fingerprint density at radius 2 is 2.14 bits per heavy atom. The van der Waals surface area contributed by atoms with E-state index in [1.54, 1.807) is 7.05 Å². The van der Waals surface area contributed by atoms with Gasteiger partial charge in [-0.2, -0.15) is 4.98 Å². The van der Waals surface area contributed by atoms with E-state index < -0.39 is 4.92 Å². The summed E-state index contributed by atoms with van der Waals surface area (Å²) in [5, 5.41) is 16.9. The fourth-order valence-corrected chi connectivity index (χ4v) is 2.49. The van der Waals surface area contributed by atoms with Crippen LogP contribution in [0.15, 0.2) is 6.20 Å². The molecule has 1 aromatic rings. The summed E-state index contributed by atoms with van der Waals surface area (Å²) >= 11 is 0. The van der Waals surface area contributed by atoms with Gasteiger partial charge in [0.1, 0.15) is 6.20 Å². The van der Waals surface area contributed by atoms with Crippen molar-refractivity contribution in [3.63, 3.8) is 0 Å². The Morgan fingerprint density at radius 3 is 2.76 bits per heavy atom. The Balaban J connectivity index is 2.02. The molecule has 1 unspecified atom stereocenters. The Morgan fingerprint density at radius 1 is 1.43 bits per heavy atom. The molecule has 1 saturated heterocycles. The highest BCUT2D eigenvalue weighted by Crippen LogP contribution is 2.22. The van der Waals surface area contributed by atoms with Crippen LogP contribution in [0.3, 0.4) is 0 Å². The van der Waals surface area contributed by atoms with Gasteiger partial charge in [-0.3, -0.25) is 15.0 Å². The van der Waals surface area contributed by atoms with Crippen LogP contribution in [-0.4, -0.2) is 52.5 Å². The van der Waals surface area contributed by atoms with E-state index in [4.69, 9.17) is 0 Å². The van der Waals surface area contributed by atoms with Crippen LogP contribution in [0.4, 0.5) is 17.5 Å². The number of likely N-dealkylation sites (tertiary alicyclic amines) is 1. The summed E-state index contributed by atoms with van der Waals surface area (Å²) in [5.74, 6) is 0.636. The quantitative estimate of drug-likeness (QED) is 0.609. The van der Waals surface area contributed by atoms with E-state index >= 15 is 0 Å². The maximum Gasteiger partial charge on any atom is 0.329 e. The molecule has 0 spiro atoms. The van der Waals surface area contributed by atoms with Gasteiger partial charge in [0.2, 0.25) is 11.8 Å². The van der Waals surface area contributed by atoms with Crippen LogP contribution in [0.5, 0.6) is 0 Å². The molecule has 0 saturated carbocycles. The van der Waals surface area contributed by atoms with Crippen molar-refractivity contribution >= 4 is 17.5 Å². The monoisotopic (exact) mass is 294 g/mol. The van der Waals surface area contributed by atoms with Gasteiger partial charge in [-0.05, 0) is 32.9 Å². The van der Waals surface area contributed by atoms with Crippen LogP contribution in [0, 0.1) is 10.1 Å². The van der Waals surface area contributed by atoms with E-state index in [2.05, 4.69) is 32.4 Å². The van der Waals surface area contributed by atoms with Gasteiger partial charge < -0.3 is 10.6 Å². The van der Waals surface area contributed by atoms with Crippen molar-refractivity contribution in [2.45, 2.75) is 32.2 Å². The van der Waals surface area contributed by atoms with Gasteiger partial charge in [-0.1, -0.05) is 6.42 Å². The normalized spacial score (nSPS) is 17.2. The molecule has 1 aromatic heterocycles. The molecule has 1 fully saturated rings. The molecule has 0 amide bonds. The van der Waals surface area contributed by atoms with Crippen molar-refractivity contribution in [2.75, 3.05) is 37.3 Å². The third kappa shape index (κ3) is 4.01. The Kier molecular flexibility index (Phi) is 5.26. The number of anilines is 2. The lowest BCUT2D eigenvalue weighted by molar-refractivity contribution is -0.384. The van der Waals surface area contributed by atoms with Crippen LogP contribution < -0.4 is 10.6 Å². The summed E-state index contributed by atoms with van der Waals surface area (Å²) in [6.45, 7) is 4.94. The predicted octanol–water partition coefficient (Wildman–Crippen LogP) is 1.71. The van der Waals surface area contributed by atoms with Crippen LogP contribution in [-0.2, 0) is 0 Å². The minimum absolute atomic E-state index is 0.0974. The number of nitrogens with one attached hydrogen (secondary N) is 2. The lowest BCUT2D eigenvalue weighted by Gasteiger charge is -2.32. The molecular weight excluding hydrogens is 272 g/mol. The minimum atomic E-state index is -0.465. The summed E-state index contributed by atoms with van der Waals surface area (Å²) in [6.07, 6.45) is 4.97. The molecule has 2 rings (SSSR count). The lowest BCUT2D eigenvalue weighted by atomic mass is 10.1. The molecule has 1 atom stereocenters. The van der Waals surface area contributed by atoms with Gasteiger partial charge in [0.25, 0.3) is 0 Å². The molecule has 0 aromatic carbocycles. The molecule has 8 nitrogen and oxygen atoms in total. The topological polar surface area (TPSA) is 96.2 Å². The Labute approximate surface area is 124 Å². The molecule has 21 heavy (non-hydrogen) atoms. The van der Waals surface area contributed by atoms with Gasteiger partial charge in [0, 0.05) is 19.6 Å². The van der Waals surface area contributed by atoms with Crippen molar-refractivity contribution in [3.8, 4) is 0 Å². The second-order valence-electron chi connectivity index (χ2n) is 5.26. The highest BCUT2D eigenvalue weighted by Gasteiger charge is 2.20. The molecule has 0 radical (unpaired) electrons. The molecular formula is C13H22N6O2. The van der Waals surface area contributed by atoms with E-state index in [-0.39, 0.29) is 11.5 Å². The average Bonchev–Trinajstić information content (AvgIpc) is 2.52. The number of nitrogens with zero attached hydrogens (tertiary/aromatic N) is 4. The van der Waals surface area contributed by atoms with Crippen LogP contribution >= 0.6 is 0 Å². The zero-order valence-corrected chi connectivity index (χ0v) is 12.5. The molecule has 8 heteroatoms. The molecule has 2 heterocycles. The Hall–Kier alpha value is -1.96. The van der Waals surface area contributed by atoms with Crippen molar-refractivity contribution in [3.05, 3.63) is 16.3 Å². The lowest BCUT2D eigenvalue weighted by Crippen LogP contribution is -2.41. The highest BCUT2D eigenvalue weighted by molar-refractivity contribution is 5.56.